The van der Waals surface area contributed by atoms with E-state index < -0.39 is 0 Å². The Morgan fingerprint density at radius 1 is 1.69 bits per heavy atom. The summed E-state index contributed by atoms with van der Waals surface area (Å²) >= 11 is 0. The number of esters is 1. The highest BCUT2D eigenvalue weighted by Gasteiger charge is 2.19. The molecule has 1 saturated heterocycles. The van der Waals surface area contributed by atoms with Gasteiger partial charge < -0.3 is 19.7 Å². The quantitative estimate of drug-likeness (QED) is 0.658. The highest BCUT2D eigenvalue weighted by atomic mass is 16.5. The normalized spacial score (nSPS) is 23.1. The Morgan fingerprint density at radius 2 is 2.44 bits per heavy atom. The molecule has 0 amide bonds. The summed E-state index contributed by atoms with van der Waals surface area (Å²) in [5.41, 5.74) is 0. The Hall–Kier alpha value is -0.650. The van der Waals surface area contributed by atoms with Crippen molar-refractivity contribution < 1.29 is 14.3 Å². The van der Waals surface area contributed by atoms with E-state index in [1.165, 1.54) is 7.11 Å². The first-order valence-corrected chi connectivity index (χ1v) is 5.72. The molecule has 0 aromatic carbocycles. The van der Waals surface area contributed by atoms with Crippen LogP contribution in [0.2, 0.25) is 0 Å². The maximum Gasteiger partial charge on any atom is 0.309 e. The fourth-order valence-corrected chi connectivity index (χ4v) is 1.90. The van der Waals surface area contributed by atoms with Crippen molar-refractivity contribution in [3.63, 3.8) is 0 Å². The molecular weight excluding hydrogens is 208 g/mol. The molecule has 2 unspecified atom stereocenters. The van der Waals surface area contributed by atoms with Gasteiger partial charge in [-0.15, -0.1) is 0 Å². The van der Waals surface area contributed by atoms with Crippen molar-refractivity contribution in [2.45, 2.75) is 13.0 Å². The van der Waals surface area contributed by atoms with Gasteiger partial charge in [0.15, 0.2) is 0 Å². The zero-order valence-electron chi connectivity index (χ0n) is 10.4. The lowest BCUT2D eigenvalue weighted by Crippen LogP contribution is -2.45. The molecule has 0 bridgehead atoms. The number of carbonyl (C=O) groups is 1. The third kappa shape index (κ3) is 4.47. The van der Waals surface area contributed by atoms with E-state index in [2.05, 4.69) is 10.2 Å². The number of hydrogen-bond acceptors (Lipinski definition) is 5. The zero-order valence-corrected chi connectivity index (χ0v) is 10.4. The predicted octanol–water partition coefficient (Wildman–Crippen LogP) is -0.284. The number of likely N-dealkylation sites (N-methyl/N-ethyl adjacent to an activating group) is 1. The highest BCUT2D eigenvalue weighted by molar-refractivity contribution is 5.71. The minimum absolute atomic E-state index is 0.0912. The van der Waals surface area contributed by atoms with E-state index in [-0.39, 0.29) is 18.0 Å². The standard InChI is InChI=1S/C11H22N2O3/c1-9(11(14)15-3)7-13(2)8-10-6-12-4-5-16-10/h9-10,12H,4-8H2,1-3H3. The largest absolute Gasteiger partial charge is 0.469 e. The maximum atomic E-state index is 11.2. The van der Waals surface area contributed by atoms with Crippen molar-refractivity contribution in [2.24, 2.45) is 5.92 Å². The lowest BCUT2D eigenvalue weighted by molar-refractivity contribution is -0.145. The molecule has 2 atom stereocenters. The molecule has 1 N–H and O–H groups in total. The summed E-state index contributed by atoms with van der Waals surface area (Å²) in [6, 6.07) is 0. The average molecular weight is 230 g/mol. The Morgan fingerprint density at radius 3 is 3.00 bits per heavy atom. The van der Waals surface area contributed by atoms with Gasteiger partial charge in [-0.3, -0.25) is 4.79 Å². The number of nitrogens with zero attached hydrogens (tertiary/aromatic N) is 1. The Labute approximate surface area is 97.1 Å². The first-order valence-electron chi connectivity index (χ1n) is 5.72. The molecule has 0 aliphatic carbocycles. The number of hydrogen-bond donors (Lipinski definition) is 1. The zero-order chi connectivity index (χ0) is 12.0. The molecule has 0 spiro atoms. The Bertz CT molecular complexity index is 217. The van der Waals surface area contributed by atoms with Crippen LogP contribution in [0.25, 0.3) is 0 Å². The lowest BCUT2D eigenvalue weighted by Gasteiger charge is -2.28. The molecule has 16 heavy (non-hydrogen) atoms. The van der Waals surface area contributed by atoms with Crippen LogP contribution in [-0.2, 0) is 14.3 Å². The highest BCUT2D eigenvalue weighted by Crippen LogP contribution is 2.04. The number of methoxy groups -OCH3 is 1. The second-order valence-corrected chi connectivity index (χ2v) is 4.34. The van der Waals surface area contributed by atoms with Crippen molar-refractivity contribution in [1.29, 1.82) is 0 Å². The predicted molar refractivity (Wildman–Crippen MR) is 61.3 cm³/mol. The van der Waals surface area contributed by atoms with Crippen LogP contribution in [0.4, 0.5) is 0 Å². The van der Waals surface area contributed by atoms with E-state index in [1.54, 1.807) is 0 Å². The molecule has 0 radical (unpaired) electrons. The molecular formula is C11H22N2O3. The fourth-order valence-electron chi connectivity index (χ4n) is 1.90. The van der Waals surface area contributed by atoms with Crippen LogP contribution < -0.4 is 5.32 Å². The van der Waals surface area contributed by atoms with Gasteiger partial charge in [0, 0.05) is 26.2 Å². The number of rotatable bonds is 5. The van der Waals surface area contributed by atoms with Crippen molar-refractivity contribution in [2.75, 3.05) is 46.9 Å². The van der Waals surface area contributed by atoms with E-state index in [4.69, 9.17) is 9.47 Å². The monoisotopic (exact) mass is 230 g/mol. The van der Waals surface area contributed by atoms with Gasteiger partial charge >= 0.3 is 5.97 Å². The summed E-state index contributed by atoms with van der Waals surface area (Å²) in [6.45, 7) is 6.00. The third-order valence-electron chi connectivity index (χ3n) is 2.71. The van der Waals surface area contributed by atoms with Crippen LogP contribution in [0.3, 0.4) is 0 Å². The van der Waals surface area contributed by atoms with Gasteiger partial charge in [-0.2, -0.15) is 0 Å². The molecule has 1 rings (SSSR count). The molecule has 5 nitrogen and oxygen atoms in total. The topological polar surface area (TPSA) is 50.8 Å². The summed E-state index contributed by atoms with van der Waals surface area (Å²) in [5.74, 6) is -0.249. The van der Waals surface area contributed by atoms with Crippen LogP contribution in [0, 0.1) is 5.92 Å². The van der Waals surface area contributed by atoms with E-state index >= 15 is 0 Å². The molecule has 94 valence electrons. The molecule has 0 aromatic rings. The minimum Gasteiger partial charge on any atom is -0.469 e. The van der Waals surface area contributed by atoms with Crippen LogP contribution in [0.1, 0.15) is 6.92 Å². The van der Waals surface area contributed by atoms with Gasteiger partial charge in [-0.05, 0) is 7.05 Å². The van der Waals surface area contributed by atoms with E-state index in [0.29, 0.717) is 6.54 Å². The molecule has 0 saturated carbocycles. The molecule has 1 aliphatic rings. The molecule has 0 aromatic heterocycles. The Balaban J connectivity index is 2.23. The van der Waals surface area contributed by atoms with Crippen molar-refractivity contribution in [3.8, 4) is 0 Å². The molecule has 1 heterocycles. The molecule has 1 aliphatic heterocycles. The molecule has 5 heteroatoms. The summed E-state index contributed by atoms with van der Waals surface area (Å²) in [5, 5.41) is 3.28. The van der Waals surface area contributed by atoms with Crippen molar-refractivity contribution in [1.82, 2.24) is 10.2 Å². The smallest absolute Gasteiger partial charge is 0.309 e. The second kappa shape index (κ2) is 6.83. The third-order valence-corrected chi connectivity index (χ3v) is 2.71. The van der Waals surface area contributed by atoms with E-state index in [9.17, 15) is 4.79 Å². The van der Waals surface area contributed by atoms with Crippen LogP contribution >= 0.6 is 0 Å². The summed E-state index contributed by atoms with van der Waals surface area (Å²) in [7, 11) is 3.42. The minimum atomic E-state index is -0.158. The van der Waals surface area contributed by atoms with Crippen molar-refractivity contribution >= 4 is 5.97 Å². The number of ether oxygens (including phenoxy) is 2. The van der Waals surface area contributed by atoms with Gasteiger partial charge in [0.1, 0.15) is 0 Å². The molecule has 1 fully saturated rings. The summed E-state index contributed by atoms with van der Waals surface area (Å²) in [4.78, 5) is 13.4. The first-order chi connectivity index (χ1) is 7.63. The Kier molecular flexibility index (Phi) is 5.73. The van der Waals surface area contributed by atoms with Gasteiger partial charge in [-0.1, -0.05) is 6.92 Å². The first kappa shape index (κ1) is 13.4. The van der Waals surface area contributed by atoms with Gasteiger partial charge in [0.05, 0.1) is 25.7 Å². The summed E-state index contributed by atoms with van der Waals surface area (Å²) in [6.07, 6.45) is 0.226. The fraction of sp³-hybridized carbons (Fsp3) is 0.909. The van der Waals surface area contributed by atoms with Crippen LogP contribution in [-0.4, -0.2) is 63.9 Å². The van der Waals surface area contributed by atoms with E-state index in [0.717, 1.165) is 26.2 Å². The SMILES string of the molecule is COC(=O)C(C)CN(C)CC1CNCCO1. The number of carbonyl (C=O) groups excluding carboxylic acids is 1. The van der Waals surface area contributed by atoms with Crippen molar-refractivity contribution in [3.05, 3.63) is 0 Å². The van der Waals surface area contributed by atoms with Gasteiger partial charge in [0.25, 0.3) is 0 Å². The summed E-state index contributed by atoms with van der Waals surface area (Å²) < 4.78 is 10.3. The van der Waals surface area contributed by atoms with E-state index in [1.807, 2.05) is 14.0 Å². The number of nitrogens with one attached hydrogen (secondary N) is 1. The maximum absolute atomic E-state index is 11.2. The van der Waals surface area contributed by atoms with Gasteiger partial charge in [0.2, 0.25) is 0 Å². The number of morpholine rings is 1. The second-order valence-electron chi connectivity index (χ2n) is 4.34. The van der Waals surface area contributed by atoms with Crippen LogP contribution in [0.15, 0.2) is 0 Å². The average Bonchev–Trinajstić information content (AvgIpc) is 2.29. The lowest BCUT2D eigenvalue weighted by atomic mass is 10.1. The van der Waals surface area contributed by atoms with Gasteiger partial charge in [-0.25, -0.2) is 0 Å². The van der Waals surface area contributed by atoms with Crippen LogP contribution in [0.5, 0.6) is 0 Å².